The SMILES string of the molecule is Cc1nc(-c2ccc(N3CCCC3)cc2)nc(C)c1C(=O)NC(CCN)C(=O)N(C)C1C(=O)NC(C)C(=O)NC(C(=O)NCC#N)Cc2ccc(OCCN)c(c2)-c2cc1ccc2OCCN. The summed E-state index contributed by atoms with van der Waals surface area (Å²) in [5.74, 6) is -2.10. The van der Waals surface area contributed by atoms with Gasteiger partial charge in [0.15, 0.2) is 5.82 Å². The van der Waals surface area contributed by atoms with Crippen molar-refractivity contribution >= 4 is 35.2 Å². The van der Waals surface area contributed by atoms with E-state index in [0.717, 1.165) is 37.2 Å². The highest BCUT2D eigenvalue weighted by Gasteiger charge is 2.36. The van der Waals surface area contributed by atoms with E-state index < -0.39 is 53.7 Å². The second-order valence-electron chi connectivity index (χ2n) is 16.5. The summed E-state index contributed by atoms with van der Waals surface area (Å²) in [5.41, 5.74) is 22.5. The minimum atomic E-state index is -1.40. The van der Waals surface area contributed by atoms with Crippen LogP contribution in [0, 0.1) is 25.2 Å². The van der Waals surface area contributed by atoms with Crippen LogP contribution < -0.4 is 52.8 Å². The zero-order valence-corrected chi connectivity index (χ0v) is 38.4. The Balaban J connectivity index is 1.37. The van der Waals surface area contributed by atoms with Gasteiger partial charge in [-0.1, -0.05) is 12.1 Å². The molecule has 0 spiro atoms. The predicted molar refractivity (Wildman–Crippen MR) is 252 cm³/mol. The van der Waals surface area contributed by atoms with Gasteiger partial charge in [-0.15, -0.1) is 0 Å². The zero-order valence-electron chi connectivity index (χ0n) is 38.4. The number of nitrogens with zero attached hydrogens (tertiary/aromatic N) is 5. The Morgan fingerprint density at radius 2 is 1.51 bits per heavy atom. The van der Waals surface area contributed by atoms with Crippen molar-refractivity contribution in [2.45, 2.75) is 70.6 Å². The number of aryl methyl sites for hydroxylation is 2. The molecule has 3 heterocycles. The third kappa shape index (κ3) is 11.8. The highest BCUT2D eigenvalue weighted by molar-refractivity contribution is 6.00. The molecule has 2 aliphatic rings. The lowest BCUT2D eigenvalue weighted by atomic mass is 9.93. The van der Waals surface area contributed by atoms with E-state index in [2.05, 4.69) is 36.1 Å². The Morgan fingerprint density at radius 1 is 0.881 bits per heavy atom. The number of amides is 5. The lowest BCUT2D eigenvalue weighted by Gasteiger charge is -2.32. The van der Waals surface area contributed by atoms with Crippen molar-refractivity contribution in [2.24, 2.45) is 17.2 Å². The standard InChI is InChI=1S/C48H60N12O7/c1-28-41(29(2)55-43(54-28)32-8-11-34(12-9-32)60-21-5-6-22-60)46(63)57-37(15-16-49)48(65)59(4)42-33-10-14-40(67-24-19-52)36(27-33)35-25-31(7-13-39(35)66-23-18-51)26-38(45(62)53-20-17-50)58-44(61)30(3)56-47(42)64/h7-14,25,27,30,37-38,42H,5-6,15-16,18-24,26,49,51-52H2,1-4H3,(H,53,62)(H,56,64)(H,57,63)(H,58,61). The Kier molecular flexibility index (Phi) is 16.8. The Bertz CT molecular complexity index is 2470. The maximum atomic E-state index is 14.7. The number of nitriles is 1. The summed E-state index contributed by atoms with van der Waals surface area (Å²) in [6.45, 7) is 7.26. The van der Waals surface area contributed by atoms with E-state index in [1.807, 2.05) is 30.3 Å². The summed E-state index contributed by atoms with van der Waals surface area (Å²) < 4.78 is 12.2. The maximum absolute atomic E-state index is 14.7. The molecule has 0 saturated carbocycles. The van der Waals surface area contributed by atoms with E-state index in [4.69, 9.17) is 26.7 Å². The van der Waals surface area contributed by atoms with E-state index in [1.165, 1.54) is 18.9 Å². The third-order valence-corrected chi connectivity index (χ3v) is 11.7. The van der Waals surface area contributed by atoms with Gasteiger partial charge in [-0.2, -0.15) is 5.26 Å². The molecule has 19 nitrogen and oxygen atoms in total. The van der Waals surface area contributed by atoms with Crippen molar-refractivity contribution in [1.29, 1.82) is 5.26 Å². The largest absolute Gasteiger partial charge is 0.492 e. The number of likely N-dealkylation sites (N-methyl/N-ethyl adjacent to an activating group) is 1. The van der Waals surface area contributed by atoms with Crippen LogP contribution in [0.5, 0.6) is 11.5 Å². The molecule has 1 saturated heterocycles. The van der Waals surface area contributed by atoms with Gasteiger partial charge >= 0.3 is 0 Å². The average Bonchev–Trinajstić information content (AvgIpc) is 3.87. The van der Waals surface area contributed by atoms with E-state index in [9.17, 15) is 29.2 Å². The minimum Gasteiger partial charge on any atom is -0.492 e. The van der Waals surface area contributed by atoms with Crippen molar-refractivity contribution in [3.63, 3.8) is 0 Å². The highest BCUT2D eigenvalue weighted by atomic mass is 16.5. The van der Waals surface area contributed by atoms with Gasteiger partial charge in [0.2, 0.25) is 23.6 Å². The molecule has 1 fully saturated rings. The molecule has 354 valence electrons. The van der Waals surface area contributed by atoms with Crippen molar-refractivity contribution < 1.29 is 33.4 Å². The van der Waals surface area contributed by atoms with Gasteiger partial charge in [-0.05, 0) is 106 Å². The lowest BCUT2D eigenvalue weighted by molar-refractivity contribution is -0.141. The lowest BCUT2D eigenvalue weighted by Crippen LogP contribution is -2.56. The van der Waals surface area contributed by atoms with E-state index in [-0.39, 0.29) is 57.8 Å². The van der Waals surface area contributed by atoms with E-state index in [1.54, 1.807) is 50.2 Å². The summed E-state index contributed by atoms with van der Waals surface area (Å²) in [6, 6.07) is 15.1. The van der Waals surface area contributed by atoms with Crippen LogP contribution in [0.15, 0.2) is 60.7 Å². The first kappa shape index (κ1) is 49.3. The van der Waals surface area contributed by atoms with Crippen LogP contribution in [-0.2, 0) is 25.6 Å². The fourth-order valence-electron chi connectivity index (χ4n) is 8.33. The molecule has 0 aliphatic carbocycles. The first-order chi connectivity index (χ1) is 32.3. The average molecular weight is 917 g/mol. The molecule has 67 heavy (non-hydrogen) atoms. The fraction of sp³-hybridized carbons (Fsp3) is 0.417. The van der Waals surface area contributed by atoms with Crippen LogP contribution in [0.2, 0.25) is 0 Å². The molecule has 0 radical (unpaired) electrons. The molecule has 4 unspecified atom stereocenters. The van der Waals surface area contributed by atoms with Gasteiger partial charge in [-0.3, -0.25) is 24.0 Å². The summed E-state index contributed by atoms with van der Waals surface area (Å²) in [7, 11) is 1.42. The molecule has 6 rings (SSSR count). The van der Waals surface area contributed by atoms with Crippen molar-refractivity contribution in [3.8, 4) is 40.1 Å². The summed E-state index contributed by atoms with van der Waals surface area (Å²) >= 11 is 0. The number of nitrogens with one attached hydrogen (secondary N) is 4. The van der Waals surface area contributed by atoms with Crippen LogP contribution in [0.25, 0.3) is 22.5 Å². The number of hydrogen-bond acceptors (Lipinski definition) is 14. The molecular weight excluding hydrogens is 857 g/mol. The number of hydrogen-bond donors (Lipinski definition) is 7. The van der Waals surface area contributed by atoms with Gasteiger partial charge < -0.3 is 57.7 Å². The molecule has 3 aromatic carbocycles. The molecule has 1 aromatic heterocycles. The summed E-state index contributed by atoms with van der Waals surface area (Å²) in [6.07, 6.45) is 2.33. The minimum absolute atomic E-state index is 0.00176. The fourth-order valence-corrected chi connectivity index (χ4v) is 8.33. The van der Waals surface area contributed by atoms with E-state index >= 15 is 0 Å². The number of aromatic nitrogens is 2. The Labute approximate surface area is 390 Å². The van der Waals surface area contributed by atoms with Gasteiger partial charge in [-0.25, -0.2) is 9.97 Å². The first-order valence-electron chi connectivity index (χ1n) is 22.4. The number of ether oxygens (including phenoxy) is 2. The van der Waals surface area contributed by atoms with Gasteiger partial charge in [0.1, 0.15) is 55.4 Å². The summed E-state index contributed by atoms with van der Waals surface area (Å²) in [4.78, 5) is 83.5. The maximum Gasteiger partial charge on any atom is 0.255 e. The summed E-state index contributed by atoms with van der Waals surface area (Å²) in [5, 5.41) is 20.0. The Morgan fingerprint density at radius 3 is 2.12 bits per heavy atom. The normalized spacial score (nSPS) is 17.5. The van der Waals surface area contributed by atoms with Crippen LogP contribution in [0.4, 0.5) is 5.69 Å². The molecule has 19 heteroatoms. The molecule has 2 aliphatic heterocycles. The van der Waals surface area contributed by atoms with Crippen LogP contribution in [0.3, 0.4) is 0 Å². The van der Waals surface area contributed by atoms with Crippen molar-refractivity contribution in [1.82, 2.24) is 36.1 Å². The van der Waals surface area contributed by atoms with Gasteiger partial charge in [0.05, 0.1) is 23.0 Å². The van der Waals surface area contributed by atoms with Crippen LogP contribution in [0.1, 0.15) is 65.1 Å². The third-order valence-electron chi connectivity index (χ3n) is 11.7. The second kappa shape index (κ2) is 22.9. The van der Waals surface area contributed by atoms with E-state index in [0.29, 0.717) is 51.0 Å². The number of benzene rings is 3. The second-order valence-corrected chi connectivity index (χ2v) is 16.5. The number of anilines is 1. The monoisotopic (exact) mass is 916 g/mol. The number of fused-ring (bicyclic) bond motifs is 5. The molecule has 10 N–H and O–H groups in total. The highest BCUT2D eigenvalue weighted by Crippen LogP contribution is 2.40. The zero-order chi connectivity index (χ0) is 48.2. The Hall–Kier alpha value is -7.14. The van der Waals surface area contributed by atoms with Gasteiger partial charge in [0, 0.05) is 62.0 Å². The molecule has 4 atom stereocenters. The molecule has 4 bridgehead atoms. The number of nitrogens with two attached hydrogens (primary N) is 3. The number of carbonyl (C=O) groups excluding carboxylic acids is 5. The molecular formula is C48H60N12O7. The number of carbonyl (C=O) groups is 5. The van der Waals surface area contributed by atoms with Crippen molar-refractivity contribution in [3.05, 3.63) is 88.7 Å². The molecule has 5 amide bonds. The predicted octanol–water partition coefficient (Wildman–Crippen LogP) is 1.53. The topological polar surface area (TPSA) is 286 Å². The van der Waals surface area contributed by atoms with Gasteiger partial charge in [0.25, 0.3) is 5.91 Å². The van der Waals surface area contributed by atoms with Crippen LogP contribution >= 0.6 is 0 Å². The smallest absolute Gasteiger partial charge is 0.255 e. The van der Waals surface area contributed by atoms with Crippen LogP contribution in [-0.4, -0.2) is 122 Å². The first-order valence-corrected chi connectivity index (χ1v) is 22.4. The quantitative estimate of drug-likeness (QED) is 0.0786. The molecule has 4 aromatic rings. The number of rotatable bonds is 16. The van der Waals surface area contributed by atoms with Crippen molar-refractivity contribution in [2.75, 3.05) is 64.4 Å².